The SMILES string of the molecule is NC(=O)C1C=c2c(ccc3cn[nH]c23)=NC1=O. The lowest BCUT2D eigenvalue weighted by Gasteiger charge is -2.08. The van der Waals surface area contributed by atoms with Gasteiger partial charge in [-0.3, -0.25) is 14.7 Å². The van der Waals surface area contributed by atoms with Crippen LogP contribution < -0.4 is 16.3 Å². The van der Waals surface area contributed by atoms with Gasteiger partial charge in [0.25, 0.3) is 5.91 Å². The molecule has 1 aliphatic heterocycles. The third kappa shape index (κ3) is 1.34. The van der Waals surface area contributed by atoms with Crippen LogP contribution >= 0.6 is 0 Å². The normalized spacial score (nSPS) is 18.4. The van der Waals surface area contributed by atoms with Crippen LogP contribution in [0.5, 0.6) is 0 Å². The number of rotatable bonds is 1. The Labute approximate surface area is 94.8 Å². The molecule has 6 heteroatoms. The van der Waals surface area contributed by atoms with Crippen LogP contribution in [0.25, 0.3) is 17.0 Å². The molecule has 1 aliphatic rings. The van der Waals surface area contributed by atoms with Crippen LogP contribution in [-0.2, 0) is 9.59 Å². The average Bonchev–Trinajstić information content (AvgIpc) is 2.75. The zero-order valence-corrected chi connectivity index (χ0v) is 8.68. The van der Waals surface area contributed by atoms with E-state index in [1.54, 1.807) is 12.3 Å². The highest BCUT2D eigenvalue weighted by atomic mass is 16.2. The molecule has 1 aromatic heterocycles. The molecule has 0 bridgehead atoms. The van der Waals surface area contributed by atoms with Gasteiger partial charge in [-0.25, -0.2) is 4.99 Å². The lowest BCUT2D eigenvalue weighted by molar-refractivity contribution is -0.129. The zero-order valence-electron chi connectivity index (χ0n) is 8.68. The number of amides is 2. The minimum absolute atomic E-state index is 0.524. The average molecular weight is 228 g/mol. The number of hydrogen-bond acceptors (Lipinski definition) is 3. The van der Waals surface area contributed by atoms with E-state index in [4.69, 9.17) is 5.73 Å². The first kappa shape index (κ1) is 9.71. The molecule has 3 N–H and O–H groups in total. The maximum Gasteiger partial charge on any atom is 0.262 e. The topological polar surface area (TPSA) is 101 Å². The monoisotopic (exact) mass is 228 g/mol. The summed E-state index contributed by atoms with van der Waals surface area (Å²) in [6.07, 6.45) is 3.20. The van der Waals surface area contributed by atoms with Crippen LogP contribution in [0.2, 0.25) is 0 Å². The predicted molar refractivity (Wildman–Crippen MR) is 59.0 cm³/mol. The molecule has 6 nitrogen and oxygen atoms in total. The van der Waals surface area contributed by atoms with Gasteiger partial charge in [0.05, 0.1) is 17.1 Å². The van der Waals surface area contributed by atoms with Crippen LogP contribution in [0.1, 0.15) is 0 Å². The largest absolute Gasteiger partial charge is 0.369 e. The summed E-state index contributed by atoms with van der Waals surface area (Å²) in [5, 5.41) is 8.85. The van der Waals surface area contributed by atoms with Crippen LogP contribution in [-0.4, -0.2) is 22.0 Å². The number of benzene rings is 1. The molecule has 2 heterocycles. The highest BCUT2D eigenvalue weighted by Gasteiger charge is 2.24. The molecule has 0 aliphatic carbocycles. The van der Waals surface area contributed by atoms with Gasteiger partial charge >= 0.3 is 0 Å². The van der Waals surface area contributed by atoms with Gasteiger partial charge < -0.3 is 5.73 Å². The molecule has 0 saturated carbocycles. The van der Waals surface area contributed by atoms with Crippen molar-refractivity contribution in [3.63, 3.8) is 0 Å². The Balaban J connectivity index is 2.43. The second kappa shape index (κ2) is 3.24. The minimum atomic E-state index is -0.989. The number of primary amides is 1. The molecule has 1 aromatic carbocycles. The number of aromatic amines is 1. The van der Waals surface area contributed by atoms with Gasteiger partial charge in [-0.05, 0) is 12.1 Å². The summed E-state index contributed by atoms with van der Waals surface area (Å²) in [7, 11) is 0. The van der Waals surface area contributed by atoms with E-state index >= 15 is 0 Å². The number of aromatic nitrogens is 2. The molecule has 2 amide bonds. The van der Waals surface area contributed by atoms with Gasteiger partial charge in [0.1, 0.15) is 5.92 Å². The molecule has 0 spiro atoms. The number of nitrogens with zero attached hydrogens (tertiary/aromatic N) is 2. The predicted octanol–water partition coefficient (Wildman–Crippen LogP) is -1.40. The lowest BCUT2D eigenvalue weighted by Crippen LogP contribution is -2.39. The van der Waals surface area contributed by atoms with E-state index in [1.807, 2.05) is 6.07 Å². The third-order valence-electron chi connectivity index (χ3n) is 2.77. The fraction of sp³-hybridized carbons (Fsp3) is 0.0909. The number of fused-ring (bicyclic) bond motifs is 3. The van der Waals surface area contributed by atoms with E-state index < -0.39 is 17.7 Å². The van der Waals surface area contributed by atoms with Crippen LogP contribution in [0.3, 0.4) is 0 Å². The summed E-state index contributed by atoms with van der Waals surface area (Å²) >= 11 is 0. The first-order valence-corrected chi connectivity index (χ1v) is 5.02. The molecule has 2 aromatic rings. The standard InChI is InChI=1S/C11H8N4O2/c12-10(16)7-3-6-8(14-11(7)17)2-1-5-4-13-15-9(5)6/h1-4,7H,(H2,12,16)(H,13,15). The quantitative estimate of drug-likeness (QED) is 0.587. The van der Waals surface area contributed by atoms with Gasteiger partial charge in [0.15, 0.2) is 0 Å². The van der Waals surface area contributed by atoms with Crippen LogP contribution in [0, 0.1) is 5.92 Å². The smallest absolute Gasteiger partial charge is 0.262 e. The molecule has 17 heavy (non-hydrogen) atoms. The first-order valence-electron chi connectivity index (χ1n) is 5.02. The van der Waals surface area contributed by atoms with E-state index in [0.29, 0.717) is 10.6 Å². The first-order chi connectivity index (χ1) is 8.16. The van der Waals surface area contributed by atoms with Gasteiger partial charge in [0.2, 0.25) is 5.91 Å². The van der Waals surface area contributed by atoms with Gasteiger partial charge in [0, 0.05) is 10.6 Å². The van der Waals surface area contributed by atoms with E-state index in [1.165, 1.54) is 6.08 Å². The number of hydrogen-bond donors (Lipinski definition) is 2. The lowest BCUT2D eigenvalue weighted by atomic mass is 10.0. The van der Waals surface area contributed by atoms with E-state index in [0.717, 1.165) is 10.9 Å². The Morgan fingerprint density at radius 1 is 1.41 bits per heavy atom. The second-order valence-corrected chi connectivity index (χ2v) is 3.83. The van der Waals surface area contributed by atoms with Crippen LogP contribution in [0.4, 0.5) is 0 Å². The molecule has 1 atom stereocenters. The van der Waals surface area contributed by atoms with Crippen molar-refractivity contribution in [3.05, 3.63) is 28.9 Å². The van der Waals surface area contributed by atoms with Crippen molar-refractivity contribution >= 4 is 28.8 Å². The summed E-state index contributed by atoms with van der Waals surface area (Å²) < 4.78 is 0. The molecular formula is C11H8N4O2. The van der Waals surface area contributed by atoms with E-state index in [-0.39, 0.29) is 0 Å². The molecule has 1 unspecified atom stereocenters. The number of carbonyl (C=O) groups is 2. The fourth-order valence-corrected chi connectivity index (χ4v) is 1.92. The van der Waals surface area contributed by atoms with Crippen molar-refractivity contribution in [2.75, 3.05) is 0 Å². The molecule has 0 fully saturated rings. The number of carbonyl (C=O) groups excluding carboxylic acids is 2. The van der Waals surface area contributed by atoms with Crippen molar-refractivity contribution in [2.24, 2.45) is 16.6 Å². The van der Waals surface area contributed by atoms with Crippen molar-refractivity contribution < 1.29 is 9.59 Å². The molecular weight excluding hydrogens is 220 g/mol. The maximum absolute atomic E-state index is 11.5. The maximum atomic E-state index is 11.5. The Morgan fingerprint density at radius 3 is 3.00 bits per heavy atom. The zero-order chi connectivity index (χ0) is 12.0. The van der Waals surface area contributed by atoms with Crippen LogP contribution in [0.15, 0.2) is 23.3 Å². The van der Waals surface area contributed by atoms with E-state index in [2.05, 4.69) is 15.2 Å². The fourth-order valence-electron chi connectivity index (χ4n) is 1.92. The van der Waals surface area contributed by atoms with Crippen molar-refractivity contribution in [3.8, 4) is 0 Å². The van der Waals surface area contributed by atoms with Crippen molar-refractivity contribution in [1.82, 2.24) is 10.2 Å². The molecule has 0 radical (unpaired) electrons. The highest BCUT2D eigenvalue weighted by molar-refractivity contribution is 6.06. The number of nitrogens with two attached hydrogens (primary N) is 1. The summed E-state index contributed by atoms with van der Waals surface area (Å²) in [5.41, 5.74) is 5.91. The summed E-state index contributed by atoms with van der Waals surface area (Å²) in [6.45, 7) is 0. The Kier molecular flexibility index (Phi) is 1.85. The Hall–Kier alpha value is -2.50. The van der Waals surface area contributed by atoms with Gasteiger partial charge in [-0.15, -0.1) is 0 Å². The third-order valence-corrected chi connectivity index (χ3v) is 2.77. The Morgan fingerprint density at radius 2 is 2.24 bits per heavy atom. The molecule has 0 saturated heterocycles. The molecule has 84 valence electrons. The summed E-state index contributed by atoms with van der Waals surface area (Å²) in [5.74, 6) is -2.21. The Bertz CT molecular complexity index is 759. The highest BCUT2D eigenvalue weighted by Crippen LogP contribution is 2.07. The number of H-pyrrole nitrogens is 1. The number of nitrogens with one attached hydrogen (secondary N) is 1. The second-order valence-electron chi connectivity index (χ2n) is 3.83. The van der Waals surface area contributed by atoms with Gasteiger partial charge in [-0.2, -0.15) is 5.10 Å². The summed E-state index contributed by atoms with van der Waals surface area (Å²) in [6, 6.07) is 3.53. The van der Waals surface area contributed by atoms with Gasteiger partial charge in [-0.1, -0.05) is 6.08 Å². The van der Waals surface area contributed by atoms with Crippen molar-refractivity contribution in [2.45, 2.75) is 0 Å². The van der Waals surface area contributed by atoms with Crippen molar-refractivity contribution in [1.29, 1.82) is 0 Å². The van der Waals surface area contributed by atoms with E-state index in [9.17, 15) is 9.59 Å². The molecule has 3 rings (SSSR count). The summed E-state index contributed by atoms with van der Waals surface area (Å²) in [4.78, 5) is 26.5. The minimum Gasteiger partial charge on any atom is -0.369 e.